The van der Waals surface area contributed by atoms with Gasteiger partial charge < -0.3 is 9.63 Å². The third kappa shape index (κ3) is 3.90. The summed E-state index contributed by atoms with van der Waals surface area (Å²) in [7, 11) is -3.43. The number of phenolic OH excluding ortho intramolecular Hbond substituents is 1. The number of hydrogen-bond donors (Lipinski definition) is 2. The number of nitrogens with zero attached hydrogens (tertiary/aromatic N) is 2. The molecule has 0 unspecified atom stereocenters. The Labute approximate surface area is 153 Å². The van der Waals surface area contributed by atoms with Crippen molar-refractivity contribution in [1.82, 2.24) is 10.1 Å². The molecule has 0 spiro atoms. The summed E-state index contributed by atoms with van der Waals surface area (Å²) in [6, 6.07) is 4.33. The van der Waals surface area contributed by atoms with Crippen molar-refractivity contribution in [3.8, 4) is 17.2 Å². The van der Waals surface area contributed by atoms with Crippen LogP contribution in [0.15, 0.2) is 34.4 Å². The van der Waals surface area contributed by atoms with Crippen LogP contribution >= 0.6 is 0 Å². The molecule has 0 saturated heterocycles. The molecule has 0 aliphatic heterocycles. The predicted molar refractivity (Wildman–Crippen MR) is 99.4 cm³/mol. The van der Waals surface area contributed by atoms with E-state index in [-0.39, 0.29) is 22.6 Å². The molecule has 3 rings (SSSR count). The SMILES string of the molecule is CC(C)(C1=CCCCC1)c1noc(-c2cc(NS(C)(=O)=O)ccc2O)n1. The molecule has 0 bridgehead atoms. The van der Waals surface area contributed by atoms with Crippen LogP contribution in [0, 0.1) is 0 Å². The standard InChI is InChI=1S/C18H23N3O4S/c1-18(2,12-7-5-4-6-8-12)17-19-16(25-20-17)14-11-13(9-10-15(14)22)21-26(3,23)24/h7,9-11,21-22H,4-6,8H2,1-3H3. The second-order valence-corrected chi connectivity index (χ2v) is 8.88. The summed E-state index contributed by atoms with van der Waals surface area (Å²) in [6.07, 6.45) is 7.73. The molecule has 0 amide bonds. The molecule has 0 radical (unpaired) electrons. The highest BCUT2D eigenvalue weighted by atomic mass is 32.2. The molecular formula is C18H23N3O4S. The molecule has 1 aliphatic carbocycles. The molecule has 7 nitrogen and oxygen atoms in total. The van der Waals surface area contributed by atoms with Gasteiger partial charge in [-0.3, -0.25) is 4.72 Å². The van der Waals surface area contributed by atoms with Crippen molar-refractivity contribution in [3.05, 3.63) is 35.7 Å². The Balaban J connectivity index is 1.95. The Hall–Kier alpha value is -2.35. The van der Waals surface area contributed by atoms with Crippen LogP contribution in [0.3, 0.4) is 0 Å². The average molecular weight is 377 g/mol. The van der Waals surface area contributed by atoms with Crippen molar-refractivity contribution < 1.29 is 18.0 Å². The first-order valence-corrected chi connectivity index (χ1v) is 10.4. The molecule has 2 N–H and O–H groups in total. The van der Waals surface area contributed by atoms with E-state index in [4.69, 9.17) is 4.52 Å². The quantitative estimate of drug-likeness (QED) is 0.609. The third-order valence-electron chi connectivity index (χ3n) is 4.61. The minimum Gasteiger partial charge on any atom is -0.507 e. The van der Waals surface area contributed by atoms with Gasteiger partial charge in [-0.25, -0.2) is 8.42 Å². The van der Waals surface area contributed by atoms with Gasteiger partial charge in [-0.05, 0) is 57.7 Å². The lowest BCUT2D eigenvalue weighted by atomic mass is 9.78. The number of aromatic nitrogens is 2. The zero-order chi connectivity index (χ0) is 18.9. The van der Waals surface area contributed by atoms with Crippen LogP contribution in [0.1, 0.15) is 45.4 Å². The molecule has 1 aromatic carbocycles. The number of phenols is 1. The fourth-order valence-corrected chi connectivity index (χ4v) is 3.68. The first kappa shape index (κ1) is 18.4. The highest BCUT2D eigenvalue weighted by molar-refractivity contribution is 7.92. The van der Waals surface area contributed by atoms with Crippen LogP contribution in [0.2, 0.25) is 0 Å². The van der Waals surface area contributed by atoms with E-state index < -0.39 is 10.0 Å². The number of sulfonamides is 1. The Morgan fingerprint density at radius 2 is 2.04 bits per heavy atom. The topological polar surface area (TPSA) is 105 Å². The van der Waals surface area contributed by atoms with E-state index in [9.17, 15) is 13.5 Å². The molecular weight excluding hydrogens is 354 g/mol. The van der Waals surface area contributed by atoms with Crippen LogP contribution in [0.5, 0.6) is 5.75 Å². The predicted octanol–water partition coefficient (Wildman–Crippen LogP) is 3.59. The lowest BCUT2D eigenvalue weighted by Gasteiger charge is -2.27. The molecule has 8 heteroatoms. The van der Waals surface area contributed by atoms with Crippen LogP contribution in [0.4, 0.5) is 5.69 Å². The summed E-state index contributed by atoms with van der Waals surface area (Å²) in [6.45, 7) is 4.11. The van der Waals surface area contributed by atoms with Gasteiger partial charge in [0.25, 0.3) is 5.89 Å². The van der Waals surface area contributed by atoms with E-state index in [2.05, 4.69) is 34.8 Å². The molecule has 26 heavy (non-hydrogen) atoms. The maximum atomic E-state index is 11.4. The summed E-state index contributed by atoms with van der Waals surface area (Å²) in [5, 5.41) is 14.2. The number of anilines is 1. The third-order valence-corrected chi connectivity index (χ3v) is 5.22. The Morgan fingerprint density at radius 3 is 2.69 bits per heavy atom. The Kier molecular flexibility index (Phi) is 4.79. The summed E-state index contributed by atoms with van der Waals surface area (Å²) in [5.74, 6) is 0.634. The lowest BCUT2D eigenvalue weighted by molar-refractivity contribution is 0.400. The molecule has 1 aliphatic rings. The van der Waals surface area contributed by atoms with Gasteiger partial charge in [-0.15, -0.1) is 0 Å². The second kappa shape index (κ2) is 6.75. The van der Waals surface area contributed by atoms with E-state index in [0.29, 0.717) is 11.5 Å². The highest BCUT2D eigenvalue weighted by Crippen LogP contribution is 2.37. The maximum Gasteiger partial charge on any atom is 0.261 e. The molecule has 140 valence electrons. The average Bonchev–Trinajstić information content (AvgIpc) is 3.07. The van der Waals surface area contributed by atoms with Crippen molar-refractivity contribution >= 4 is 15.7 Å². The van der Waals surface area contributed by atoms with E-state index >= 15 is 0 Å². The fourth-order valence-electron chi connectivity index (χ4n) is 3.12. The van der Waals surface area contributed by atoms with Gasteiger partial charge in [0.05, 0.1) is 11.8 Å². The number of rotatable bonds is 5. The lowest BCUT2D eigenvalue weighted by Crippen LogP contribution is -2.23. The van der Waals surface area contributed by atoms with Gasteiger partial charge in [-0.2, -0.15) is 4.98 Å². The molecule has 0 saturated carbocycles. The maximum absolute atomic E-state index is 11.4. The van der Waals surface area contributed by atoms with Crippen molar-refractivity contribution in [2.45, 2.75) is 44.9 Å². The van der Waals surface area contributed by atoms with E-state index in [1.807, 2.05) is 0 Å². The molecule has 0 atom stereocenters. The van der Waals surface area contributed by atoms with Gasteiger partial charge in [0, 0.05) is 11.1 Å². The van der Waals surface area contributed by atoms with Gasteiger partial charge in [0.1, 0.15) is 5.75 Å². The fraction of sp³-hybridized carbons (Fsp3) is 0.444. The van der Waals surface area contributed by atoms with Gasteiger partial charge in [-0.1, -0.05) is 16.8 Å². The minimum absolute atomic E-state index is 0.0612. The molecule has 1 aromatic heterocycles. The van der Waals surface area contributed by atoms with Gasteiger partial charge in [0.15, 0.2) is 5.82 Å². The summed E-state index contributed by atoms with van der Waals surface area (Å²) in [5.41, 5.74) is 1.52. The Bertz CT molecular complexity index is 945. The number of benzene rings is 1. The molecule has 0 fully saturated rings. The van der Waals surface area contributed by atoms with Crippen LogP contribution in [-0.4, -0.2) is 29.9 Å². The van der Waals surface area contributed by atoms with Gasteiger partial charge in [0.2, 0.25) is 10.0 Å². The Morgan fingerprint density at radius 1 is 1.27 bits per heavy atom. The van der Waals surface area contributed by atoms with Crippen LogP contribution in [0.25, 0.3) is 11.5 Å². The normalized spacial score (nSPS) is 15.6. The molecule has 2 aromatic rings. The summed E-state index contributed by atoms with van der Waals surface area (Å²) in [4.78, 5) is 4.47. The van der Waals surface area contributed by atoms with Crippen molar-refractivity contribution in [3.63, 3.8) is 0 Å². The van der Waals surface area contributed by atoms with Crippen LogP contribution in [-0.2, 0) is 15.4 Å². The number of aromatic hydroxyl groups is 1. The second-order valence-electron chi connectivity index (χ2n) is 7.13. The zero-order valence-electron chi connectivity index (χ0n) is 15.1. The summed E-state index contributed by atoms with van der Waals surface area (Å²) >= 11 is 0. The van der Waals surface area contributed by atoms with Crippen molar-refractivity contribution in [2.24, 2.45) is 0 Å². The smallest absolute Gasteiger partial charge is 0.261 e. The molecule has 1 heterocycles. The largest absolute Gasteiger partial charge is 0.507 e. The van der Waals surface area contributed by atoms with Crippen molar-refractivity contribution in [1.29, 1.82) is 0 Å². The monoisotopic (exact) mass is 377 g/mol. The number of hydrogen-bond acceptors (Lipinski definition) is 6. The van der Waals surface area contributed by atoms with E-state index in [1.54, 1.807) is 0 Å². The number of allylic oxidation sites excluding steroid dienone is 2. The minimum atomic E-state index is -3.43. The highest BCUT2D eigenvalue weighted by Gasteiger charge is 2.32. The number of nitrogens with one attached hydrogen (secondary N) is 1. The van der Waals surface area contributed by atoms with E-state index in [0.717, 1.165) is 25.5 Å². The van der Waals surface area contributed by atoms with Gasteiger partial charge >= 0.3 is 0 Å². The first-order valence-electron chi connectivity index (χ1n) is 8.52. The van der Waals surface area contributed by atoms with Crippen molar-refractivity contribution in [2.75, 3.05) is 11.0 Å². The van der Waals surface area contributed by atoms with E-state index in [1.165, 1.54) is 30.2 Å². The summed E-state index contributed by atoms with van der Waals surface area (Å²) < 4.78 is 30.6. The van der Waals surface area contributed by atoms with Crippen LogP contribution < -0.4 is 4.72 Å². The first-order chi connectivity index (χ1) is 12.2. The zero-order valence-corrected chi connectivity index (χ0v) is 15.9.